The average Bonchev–Trinajstić information content (AvgIpc) is 2.65. The molecule has 0 aliphatic carbocycles. The molecule has 0 fully saturated rings. The maximum absolute atomic E-state index is 11.9. The van der Waals surface area contributed by atoms with E-state index in [9.17, 15) is 4.79 Å². The van der Waals surface area contributed by atoms with E-state index >= 15 is 0 Å². The third-order valence-corrected chi connectivity index (χ3v) is 3.78. The van der Waals surface area contributed by atoms with Gasteiger partial charge in [0.2, 0.25) is 0 Å². The first-order valence-electron chi connectivity index (χ1n) is 7.98. The van der Waals surface area contributed by atoms with Gasteiger partial charge in [-0.05, 0) is 11.1 Å². The van der Waals surface area contributed by atoms with Crippen molar-refractivity contribution in [3.05, 3.63) is 103 Å². The Morgan fingerprint density at radius 2 is 1.56 bits per heavy atom. The molecular formula is C22H18O3. The first kappa shape index (κ1) is 16.5. The summed E-state index contributed by atoms with van der Waals surface area (Å²) in [4.78, 5) is 11.9. The lowest BCUT2D eigenvalue weighted by Crippen LogP contribution is -2.09. The van der Waals surface area contributed by atoms with Crippen LogP contribution >= 0.6 is 0 Å². The molecule has 0 aliphatic heterocycles. The molecule has 3 nitrogen and oxygen atoms in total. The predicted molar refractivity (Wildman–Crippen MR) is 98.4 cm³/mol. The van der Waals surface area contributed by atoms with Gasteiger partial charge in [0, 0.05) is 17.5 Å². The Bertz CT molecular complexity index is 855. The number of carbonyl (C=O) groups is 1. The number of benzene rings is 3. The summed E-state index contributed by atoms with van der Waals surface area (Å²) in [5.41, 5.74) is 3.86. The van der Waals surface area contributed by atoms with Gasteiger partial charge in [-0.15, -0.1) is 0 Å². The van der Waals surface area contributed by atoms with Crippen LogP contribution in [-0.4, -0.2) is 6.16 Å². The number of para-hydroxylation sites is 1. The number of rotatable bonds is 5. The van der Waals surface area contributed by atoms with Crippen LogP contribution in [0.3, 0.4) is 0 Å². The monoisotopic (exact) mass is 330 g/mol. The molecule has 25 heavy (non-hydrogen) atoms. The van der Waals surface area contributed by atoms with Gasteiger partial charge in [-0.1, -0.05) is 85.4 Å². The smallest absolute Gasteiger partial charge is 0.403 e. The minimum atomic E-state index is -0.798. The van der Waals surface area contributed by atoms with Crippen molar-refractivity contribution in [2.45, 2.75) is 6.42 Å². The Morgan fingerprint density at radius 1 is 0.880 bits per heavy atom. The van der Waals surface area contributed by atoms with Gasteiger partial charge in [0.05, 0.1) is 6.26 Å². The second-order valence-electron chi connectivity index (χ2n) is 5.46. The van der Waals surface area contributed by atoms with Crippen LogP contribution in [0.15, 0.2) is 91.7 Å². The molecule has 0 aromatic heterocycles. The van der Waals surface area contributed by atoms with Gasteiger partial charge in [-0.3, -0.25) is 0 Å². The van der Waals surface area contributed by atoms with E-state index in [0.717, 1.165) is 28.5 Å². The first-order valence-corrected chi connectivity index (χ1v) is 7.98. The summed E-state index contributed by atoms with van der Waals surface area (Å²) >= 11 is 0. The lowest BCUT2D eigenvalue weighted by Gasteiger charge is -2.14. The lowest BCUT2D eigenvalue weighted by molar-refractivity contribution is 0.136. The molecule has 0 heterocycles. The van der Waals surface area contributed by atoms with Crippen molar-refractivity contribution < 1.29 is 14.3 Å². The molecule has 3 aromatic carbocycles. The maximum Gasteiger partial charge on any atom is 0.518 e. The van der Waals surface area contributed by atoms with E-state index in [1.807, 2.05) is 78.9 Å². The van der Waals surface area contributed by atoms with Gasteiger partial charge in [0.25, 0.3) is 0 Å². The van der Waals surface area contributed by atoms with Crippen molar-refractivity contribution in [2.75, 3.05) is 0 Å². The fourth-order valence-corrected chi connectivity index (χ4v) is 2.68. The third-order valence-electron chi connectivity index (χ3n) is 3.78. The maximum atomic E-state index is 11.9. The molecule has 0 bridgehead atoms. The van der Waals surface area contributed by atoms with E-state index in [4.69, 9.17) is 9.47 Å². The zero-order valence-electron chi connectivity index (χ0n) is 13.7. The molecule has 0 spiro atoms. The lowest BCUT2D eigenvalue weighted by atomic mass is 9.97. The zero-order chi connectivity index (χ0) is 17.5. The van der Waals surface area contributed by atoms with Gasteiger partial charge in [-0.25, -0.2) is 4.79 Å². The van der Waals surface area contributed by atoms with Gasteiger partial charge in [-0.2, -0.15) is 0 Å². The Balaban J connectivity index is 2.04. The summed E-state index contributed by atoms with van der Waals surface area (Å²) < 4.78 is 10.3. The highest BCUT2D eigenvalue weighted by atomic mass is 16.7. The van der Waals surface area contributed by atoms with Gasteiger partial charge in [0.1, 0.15) is 5.75 Å². The number of hydrogen-bond donors (Lipinski definition) is 0. The topological polar surface area (TPSA) is 35.5 Å². The molecular weight excluding hydrogens is 312 g/mol. The molecule has 0 saturated carbocycles. The molecule has 3 aromatic rings. The van der Waals surface area contributed by atoms with Crippen LogP contribution in [0, 0.1) is 0 Å². The summed E-state index contributed by atoms with van der Waals surface area (Å²) in [5.74, 6) is 0.504. The molecule has 0 N–H and O–H groups in total. The Hall–Kier alpha value is -3.33. The van der Waals surface area contributed by atoms with Crippen molar-refractivity contribution >= 4 is 6.16 Å². The SMILES string of the molecule is C=COC(=O)Oc1c(Cc2ccccc2)cccc1-c1ccccc1. The van der Waals surface area contributed by atoms with Gasteiger partial charge < -0.3 is 9.47 Å². The summed E-state index contributed by atoms with van der Waals surface area (Å²) in [5, 5.41) is 0. The minimum absolute atomic E-state index is 0.504. The van der Waals surface area contributed by atoms with Crippen LogP contribution in [-0.2, 0) is 11.2 Å². The van der Waals surface area contributed by atoms with Crippen LogP contribution < -0.4 is 4.74 Å². The normalized spacial score (nSPS) is 10.1. The number of ether oxygens (including phenoxy) is 2. The molecule has 0 atom stereocenters. The quantitative estimate of drug-likeness (QED) is 0.347. The summed E-state index contributed by atoms with van der Waals surface area (Å²) in [6.45, 7) is 3.39. The van der Waals surface area contributed by atoms with E-state index in [1.54, 1.807) is 0 Å². The fourth-order valence-electron chi connectivity index (χ4n) is 2.68. The number of carbonyl (C=O) groups excluding carboxylic acids is 1. The standard InChI is InChI=1S/C22H18O3/c1-2-24-22(23)25-21-19(16-17-10-5-3-6-11-17)14-9-15-20(21)18-12-7-4-8-13-18/h2-15H,1,16H2. The summed E-state index contributed by atoms with van der Waals surface area (Å²) in [7, 11) is 0. The largest absolute Gasteiger partial charge is 0.518 e. The molecule has 3 rings (SSSR count). The molecule has 0 radical (unpaired) electrons. The van der Waals surface area contributed by atoms with E-state index in [-0.39, 0.29) is 0 Å². The predicted octanol–water partition coefficient (Wildman–Crippen LogP) is 5.60. The van der Waals surface area contributed by atoms with Crippen LogP contribution in [0.25, 0.3) is 11.1 Å². The minimum Gasteiger partial charge on any atom is -0.403 e. The summed E-state index contributed by atoms with van der Waals surface area (Å²) in [6, 6.07) is 25.7. The highest BCUT2D eigenvalue weighted by molar-refractivity contribution is 5.76. The zero-order valence-corrected chi connectivity index (χ0v) is 13.7. The number of hydrogen-bond acceptors (Lipinski definition) is 3. The first-order chi connectivity index (χ1) is 12.3. The van der Waals surface area contributed by atoms with Crippen LogP contribution in [0.4, 0.5) is 4.79 Å². The summed E-state index contributed by atoms with van der Waals surface area (Å²) in [6.07, 6.45) is 0.912. The van der Waals surface area contributed by atoms with E-state index < -0.39 is 6.16 Å². The molecule has 0 aliphatic rings. The van der Waals surface area contributed by atoms with Crippen LogP contribution in [0.5, 0.6) is 5.75 Å². The van der Waals surface area contributed by atoms with Crippen molar-refractivity contribution in [1.29, 1.82) is 0 Å². The highest BCUT2D eigenvalue weighted by Crippen LogP contribution is 2.34. The van der Waals surface area contributed by atoms with E-state index in [1.165, 1.54) is 0 Å². The molecule has 3 heteroatoms. The molecule has 0 saturated heterocycles. The van der Waals surface area contributed by atoms with E-state index in [2.05, 4.69) is 6.58 Å². The second-order valence-corrected chi connectivity index (χ2v) is 5.46. The Morgan fingerprint density at radius 3 is 2.24 bits per heavy atom. The third kappa shape index (κ3) is 4.15. The average molecular weight is 330 g/mol. The van der Waals surface area contributed by atoms with Crippen LogP contribution in [0.2, 0.25) is 0 Å². The molecule has 0 unspecified atom stereocenters. The fraction of sp³-hybridized carbons (Fsp3) is 0.0455. The highest BCUT2D eigenvalue weighted by Gasteiger charge is 2.16. The van der Waals surface area contributed by atoms with E-state index in [0.29, 0.717) is 12.2 Å². The van der Waals surface area contributed by atoms with Crippen molar-refractivity contribution in [2.24, 2.45) is 0 Å². The molecule has 124 valence electrons. The van der Waals surface area contributed by atoms with Crippen molar-refractivity contribution in [3.8, 4) is 16.9 Å². The molecule has 0 amide bonds. The van der Waals surface area contributed by atoms with Gasteiger partial charge >= 0.3 is 6.16 Å². The van der Waals surface area contributed by atoms with Crippen molar-refractivity contribution in [3.63, 3.8) is 0 Å². The second kappa shape index (κ2) is 7.97. The van der Waals surface area contributed by atoms with Gasteiger partial charge in [0.15, 0.2) is 0 Å². The Kier molecular flexibility index (Phi) is 5.27. The van der Waals surface area contributed by atoms with Crippen LogP contribution in [0.1, 0.15) is 11.1 Å². The Labute approximate surface area is 147 Å². The van der Waals surface area contributed by atoms with Crippen molar-refractivity contribution in [1.82, 2.24) is 0 Å².